The van der Waals surface area contributed by atoms with Gasteiger partial charge in [-0.25, -0.2) is 0 Å². The summed E-state index contributed by atoms with van der Waals surface area (Å²) in [5.41, 5.74) is 3.11. The molecule has 1 aliphatic heterocycles. The molecule has 1 amide bonds. The maximum absolute atomic E-state index is 12.5. The highest BCUT2D eigenvalue weighted by Gasteiger charge is 2.28. The molecule has 0 spiro atoms. The van der Waals surface area contributed by atoms with Crippen LogP contribution in [0.3, 0.4) is 0 Å². The minimum Gasteiger partial charge on any atom is -0.393 e. The molecule has 1 fully saturated rings. The van der Waals surface area contributed by atoms with Gasteiger partial charge in [0.25, 0.3) is 0 Å². The van der Waals surface area contributed by atoms with E-state index in [0.717, 1.165) is 42.7 Å². The predicted octanol–water partition coefficient (Wildman–Crippen LogP) is 2.72. The van der Waals surface area contributed by atoms with Crippen LogP contribution in [0.25, 0.3) is 0 Å². The Morgan fingerprint density at radius 3 is 2.27 bits per heavy atom. The monoisotopic (exact) mass is 304 g/mol. The normalized spacial score (nSPS) is 19.7. The first-order valence-electron chi connectivity index (χ1n) is 8.19. The van der Waals surface area contributed by atoms with E-state index in [1.807, 2.05) is 45.9 Å². The second-order valence-corrected chi connectivity index (χ2v) is 6.55. The summed E-state index contributed by atoms with van der Waals surface area (Å²) in [5, 5.41) is 12.7. The number of likely N-dealkylation sites (tertiary alicyclic amines) is 1. The smallest absolute Gasteiger partial charge is 0.241 e. The number of aryl methyl sites for hydroxylation is 2. The maximum atomic E-state index is 12.5. The van der Waals surface area contributed by atoms with Crippen LogP contribution in [0, 0.1) is 19.8 Å². The number of amides is 1. The van der Waals surface area contributed by atoms with Gasteiger partial charge in [0, 0.05) is 5.69 Å². The third-order valence-corrected chi connectivity index (χ3v) is 4.91. The van der Waals surface area contributed by atoms with Crippen molar-refractivity contribution in [1.82, 2.24) is 4.90 Å². The Bertz CT molecular complexity index is 500. The Hall–Kier alpha value is -1.39. The number of rotatable bonds is 4. The Balaban J connectivity index is 1.96. The van der Waals surface area contributed by atoms with Crippen molar-refractivity contribution < 1.29 is 9.90 Å². The zero-order chi connectivity index (χ0) is 16.3. The summed E-state index contributed by atoms with van der Waals surface area (Å²) >= 11 is 0. The molecule has 1 aliphatic rings. The molecule has 0 bridgehead atoms. The molecule has 2 unspecified atom stereocenters. The quantitative estimate of drug-likeness (QED) is 0.899. The van der Waals surface area contributed by atoms with Gasteiger partial charge in [-0.3, -0.25) is 9.69 Å². The van der Waals surface area contributed by atoms with Gasteiger partial charge in [0.2, 0.25) is 5.91 Å². The van der Waals surface area contributed by atoms with Gasteiger partial charge in [-0.15, -0.1) is 0 Å². The molecular weight excluding hydrogens is 276 g/mol. The van der Waals surface area contributed by atoms with Gasteiger partial charge in [-0.05, 0) is 70.7 Å². The molecule has 122 valence electrons. The molecule has 2 rings (SSSR count). The fourth-order valence-corrected chi connectivity index (χ4v) is 3.19. The van der Waals surface area contributed by atoms with Crippen LogP contribution in [-0.4, -0.2) is 41.1 Å². The SMILES string of the molecule is Cc1cccc(C)c1NC(=O)C(C)N1CCC(C(C)O)CC1. The van der Waals surface area contributed by atoms with E-state index in [1.54, 1.807) is 0 Å². The minimum atomic E-state index is -0.249. The molecule has 1 aromatic rings. The van der Waals surface area contributed by atoms with E-state index in [1.165, 1.54) is 0 Å². The highest BCUT2D eigenvalue weighted by Crippen LogP contribution is 2.23. The second-order valence-electron chi connectivity index (χ2n) is 6.55. The first-order chi connectivity index (χ1) is 10.4. The summed E-state index contributed by atoms with van der Waals surface area (Å²) in [5.74, 6) is 0.415. The molecule has 0 aromatic heterocycles. The number of hydrogen-bond donors (Lipinski definition) is 2. The predicted molar refractivity (Wildman–Crippen MR) is 90.0 cm³/mol. The van der Waals surface area contributed by atoms with Crippen molar-refractivity contribution >= 4 is 11.6 Å². The molecule has 2 N–H and O–H groups in total. The Kier molecular flexibility index (Phi) is 5.59. The van der Waals surface area contributed by atoms with Gasteiger partial charge in [0.05, 0.1) is 12.1 Å². The standard InChI is InChI=1S/C18H28N2O2/c1-12-6-5-7-13(2)17(12)19-18(22)14(3)20-10-8-16(9-11-20)15(4)21/h5-7,14-16,21H,8-11H2,1-4H3,(H,19,22). The Morgan fingerprint density at radius 2 is 1.77 bits per heavy atom. The number of aliphatic hydroxyl groups is 1. The highest BCUT2D eigenvalue weighted by molar-refractivity contribution is 5.95. The molecule has 1 aromatic carbocycles. The van der Waals surface area contributed by atoms with Crippen LogP contribution >= 0.6 is 0 Å². The van der Waals surface area contributed by atoms with Gasteiger partial charge in [-0.2, -0.15) is 0 Å². The number of aliphatic hydroxyl groups excluding tert-OH is 1. The number of anilines is 1. The summed E-state index contributed by atoms with van der Waals surface area (Å²) in [7, 11) is 0. The molecule has 0 saturated carbocycles. The molecular formula is C18H28N2O2. The molecule has 4 nitrogen and oxygen atoms in total. The fraction of sp³-hybridized carbons (Fsp3) is 0.611. The molecule has 2 atom stereocenters. The summed E-state index contributed by atoms with van der Waals surface area (Å²) in [6, 6.07) is 5.89. The Morgan fingerprint density at radius 1 is 1.23 bits per heavy atom. The fourth-order valence-electron chi connectivity index (χ4n) is 3.19. The van der Waals surface area contributed by atoms with Crippen molar-refractivity contribution in [2.45, 2.75) is 52.7 Å². The minimum absolute atomic E-state index is 0.0490. The van der Waals surface area contributed by atoms with Crippen molar-refractivity contribution in [3.63, 3.8) is 0 Å². The second kappa shape index (κ2) is 7.25. The number of benzene rings is 1. The van der Waals surface area contributed by atoms with Gasteiger partial charge in [-0.1, -0.05) is 18.2 Å². The maximum Gasteiger partial charge on any atom is 0.241 e. The molecule has 4 heteroatoms. The first-order valence-corrected chi connectivity index (χ1v) is 8.19. The zero-order valence-electron chi connectivity index (χ0n) is 14.1. The molecule has 1 heterocycles. The highest BCUT2D eigenvalue weighted by atomic mass is 16.3. The van der Waals surface area contributed by atoms with Crippen molar-refractivity contribution in [1.29, 1.82) is 0 Å². The van der Waals surface area contributed by atoms with Gasteiger partial charge >= 0.3 is 0 Å². The molecule has 22 heavy (non-hydrogen) atoms. The average Bonchev–Trinajstić information content (AvgIpc) is 2.50. The topological polar surface area (TPSA) is 52.6 Å². The zero-order valence-corrected chi connectivity index (χ0v) is 14.1. The van der Waals surface area contributed by atoms with Crippen LogP contribution < -0.4 is 5.32 Å². The van der Waals surface area contributed by atoms with E-state index in [9.17, 15) is 9.90 Å². The lowest BCUT2D eigenvalue weighted by Gasteiger charge is -2.36. The third kappa shape index (κ3) is 3.87. The van der Waals surface area contributed by atoms with Gasteiger partial charge in [0.15, 0.2) is 0 Å². The van der Waals surface area contributed by atoms with E-state index >= 15 is 0 Å². The van der Waals surface area contributed by atoms with Crippen LogP contribution in [0.1, 0.15) is 37.8 Å². The van der Waals surface area contributed by atoms with Crippen molar-refractivity contribution in [3.05, 3.63) is 29.3 Å². The third-order valence-electron chi connectivity index (χ3n) is 4.91. The van der Waals surface area contributed by atoms with Crippen molar-refractivity contribution in [2.75, 3.05) is 18.4 Å². The molecule has 0 aliphatic carbocycles. The number of carbonyl (C=O) groups is 1. The largest absolute Gasteiger partial charge is 0.393 e. The Labute approximate surface area is 133 Å². The van der Waals surface area contributed by atoms with Gasteiger partial charge in [0.1, 0.15) is 0 Å². The number of piperidine rings is 1. The first kappa shape index (κ1) is 17.0. The van der Waals surface area contributed by atoms with Crippen LogP contribution in [-0.2, 0) is 4.79 Å². The number of nitrogens with zero attached hydrogens (tertiary/aromatic N) is 1. The number of carbonyl (C=O) groups excluding carboxylic acids is 1. The summed E-state index contributed by atoms with van der Waals surface area (Å²) in [6.45, 7) is 9.60. The van der Waals surface area contributed by atoms with E-state index in [0.29, 0.717) is 5.92 Å². The van der Waals surface area contributed by atoms with E-state index in [2.05, 4.69) is 10.2 Å². The average molecular weight is 304 g/mol. The summed E-state index contributed by atoms with van der Waals surface area (Å²) < 4.78 is 0. The summed E-state index contributed by atoms with van der Waals surface area (Å²) in [4.78, 5) is 14.7. The molecule has 1 saturated heterocycles. The van der Waals surface area contributed by atoms with E-state index in [4.69, 9.17) is 0 Å². The van der Waals surface area contributed by atoms with Crippen LogP contribution in [0.4, 0.5) is 5.69 Å². The van der Waals surface area contributed by atoms with E-state index < -0.39 is 0 Å². The van der Waals surface area contributed by atoms with Gasteiger partial charge < -0.3 is 10.4 Å². The number of para-hydroxylation sites is 1. The number of hydrogen-bond acceptors (Lipinski definition) is 3. The molecule has 0 radical (unpaired) electrons. The lowest BCUT2D eigenvalue weighted by molar-refractivity contribution is -0.121. The van der Waals surface area contributed by atoms with E-state index in [-0.39, 0.29) is 18.1 Å². The van der Waals surface area contributed by atoms with Crippen LogP contribution in [0.15, 0.2) is 18.2 Å². The van der Waals surface area contributed by atoms with Crippen LogP contribution in [0.5, 0.6) is 0 Å². The van der Waals surface area contributed by atoms with Crippen molar-refractivity contribution in [3.8, 4) is 0 Å². The number of nitrogens with one attached hydrogen (secondary N) is 1. The summed E-state index contributed by atoms with van der Waals surface area (Å²) in [6.07, 6.45) is 1.66. The van der Waals surface area contributed by atoms with Crippen LogP contribution in [0.2, 0.25) is 0 Å². The lowest BCUT2D eigenvalue weighted by atomic mass is 9.91. The van der Waals surface area contributed by atoms with Crippen molar-refractivity contribution in [2.24, 2.45) is 5.92 Å². The lowest BCUT2D eigenvalue weighted by Crippen LogP contribution is -2.47.